The molecule has 0 aliphatic rings. The molecular formula is C45H28N6. The number of pyridine rings is 1. The van der Waals surface area contributed by atoms with Crippen molar-refractivity contribution in [2.24, 2.45) is 0 Å². The zero-order valence-corrected chi connectivity index (χ0v) is 27.3. The lowest BCUT2D eigenvalue weighted by Crippen LogP contribution is -2.01. The van der Waals surface area contributed by atoms with Crippen LogP contribution in [-0.2, 0) is 0 Å². The fourth-order valence-electron chi connectivity index (χ4n) is 7.87. The fourth-order valence-corrected chi connectivity index (χ4v) is 7.87. The van der Waals surface area contributed by atoms with Crippen LogP contribution < -0.4 is 0 Å². The third-order valence-electron chi connectivity index (χ3n) is 10.1. The van der Waals surface area contributed by atoms with Crippen molar-refractivity contribution in [1.29, 1.82) is 0 Å². The number of rotatable bonds is 4. The molecule has 11 aromatic rings. The van der Waals surface area contributed by atoms with E-state index in [0.717, 1.165) is 72.8 Å². The minimum Gasteiger partial charge on any atom is -0.309 e. The van der Waals surface area contributed by atoms with E-state index in [4.69, 9.17) is 4.98 Å². The molecule has 0 aliphatic carbocycles. The Bertz CT molecular complexity index is 3060. The Hall–Kier alpha value is -7.05. The molecule has 0 fully saturated rings. The lowest BCUT2D eigenvalue weighted by molar-refractivity contribution is 1.07. The maximum absolute atomic E-state index is 5.12. The predicted molar refractivity (Wildman–Crippen MR) is 208 cm³/mol. The molecule has 0 radical (unpaired) electrons. The molecule has 6 nitrogen and oxygen atoms in total. The normalized spacial score (nSPS) is 11.9. The summed E-state index contributed by atoms with van der Waals surface area (Å²) in [5.74, 6) is 1.60. The van der Waals surface area contributed by atoms with Gasteiger partial charge in [-0.2, -0.15) is 0 Å². The summed E-state index contributed by atoms with van der Waals surface area (Å²) in [6.45, 7) is 0. The predicted octanol–water partition coefficient (Wildman–Crippen LogP) is 10.8. The van der Waals surface area contributed by atoms with Gasteiger partial charge in [0.2, 0.25) is 0 Å². The maximum Gasteiger partial charge on any atom is 0.168 e. The van der Waals surface area contributed by atoms with E-state index in [1.165, 1.54) is 21.5 Å². The highest BCUT2D eigenvalue weighted by molar-refractivity contribution is 6.20. The third-order valence-corrected chi connectivity index (χ3v) is 10.1. The summed E-state index contributed by atoms with van der Waals surface area (Å²) in [5, 5.41) is 15.3. The van der Waals surface area contributed by atoms with Gasteiger partial charge in [-0.05, 0) is 60.0 Å². The summed E-state index contributed by atoms with van der Waals surface area (Å²) in [6, 6.07) is 59.8. The molecule has 0 saturated heterocycles. The molecule has 7 aromatic carbocycles. The minimum atomic E-state index is 0.802. The summed E-state index contributed by atoms with van der Waals surface area (Å²) >= 11 is 0. The van der Waals surface area contributed by atoms with Crippen LogP contribution in [-0.4, -0.2) is 28.7 Å². The van der Waals surface area contributed by atoms with Crippen molar-refractivity contribution in [3.8, 4) is 34.2 Å². The Labute approximate surface area is 292 Å². The Kier molecular flexibility index (Phi) is 5.86. The summed E-state index contributed by atoms with van der Waals surface area (Å²) in [6.07, 6.45) is 0. The van der Waals surface area contributed by atoms with Crippen LogP contribution in [0.5, 0.6) is 0 Å². The average molecular weight is 653 g/mol. The first-order valence-corrected chi connectivity index (χ1v) is 17.1. The largest absolute Gasteiger partial charge is 0.309 e. The maximum atomic E-state index is 5.12. The van der Waals surface area contributed by atoms with E-state index in [2.05, 4.69) is 157 Å². The van der Waals surface area contributed by atoms with Gasteiger partial charge in [0.05, 0.1) is 27.6 Å². The van der Waals surface area contributed by atoms with Crippen molar-refractivity contribution in [3.63, 3.8) is 0 Å². The lowest BCUT2D eigenvalue weighted by Gasteiger charge is -2.14. The molecule has 0 unspecified atom stereocenters. The van der Waals surface area contributed by atoms with E-state index >= 15 is 0 Å². The number of benzene rings is 7. The Morgan fingerprint density at radius 3 is 1.55 bits per heavy atom. The monoisotopic (exact) mass is 652 g/mol. The van der Waals surface area contributed by atoms with Gasteiger partial charge in [0.25, 0.3) is 0 Å². The van der Waals surface area contributed by atoms with Gasteiger partial charge < -0.3 is 4.57 Å². The van der Waals surface area contributed by atoms with E-state index in [9.17, 15) is 0 Å². The number of aromatic nitrogens is 6. The lowest BCUT2D eigenvalue weighted by atomic mass is 10.0. The first-order chi connectivity index (χ1) is 25.3. The molecule has 0 atom stereocenters. The minimum absolute atomic E-state index is 0.802. The van der Waals surface area contributed by atoms with E-state index in [1.54, 1.807) is 0 Å². The quantitative estimate of drug-likeness (QED) is 0.178. The molecular weight excluding hydrogens is 625 g/mol. The van der Waals surface area contributed by atoms with Gasteiger partial charge in [-0.15, -0.1) is 10.2 Å². The molecule has 11 rings (SSSR count). The molecule has 0 spiro atoms. The highest BCUT2D eigenvalue weighted by Gasteiger charge is 2.20. The van der Waals surface area contributed by atoms with Crippen molar-refractivity contribution >= 4 is 60.2 Å². The van der Waals surface area contributed by atoms with Gasteiger partial charge in [0.1, 0.15) is 5.65 Å². The number of imidazole rings is 1. The van der Waals surface area contributed by atoms with Gasteiger partial charge in [0, 0.05) is 44.0 Å². The third kappa shape index (κ3) is 4.07. The van der Waals surface area contributed by atoms with Crippen LogP contribution in [0, 0.1) is 0 Å². The van der Waals surface area contributed by atoms with E-state index in [1.807, 2.05) is 36.4 Å². The Morgan fingerprint density at radius 1 is 0.353 bits per heavy atom. The molecule has 0 bridgehead atoms. The molecule has 238 valence electrons. The van der Waals surface area contributed by atoms with Crippen LogP contribution in [0.15, 0.2) is 170 Å². The number of hydrogen-bond acceptors (Lipinski definition) is 3. The number of nitrogens with zero attached hydrogens (tertiary/aromatic N) is 6. The fraction of sp³-hybridized carbons (Fsp3) is 0. The van der Waals surface area contributed by atoms with Crippen LogP contribution in [0.1, 0.15) is 0 Å². The van der Waals surface area contributed by atoms with Crippen molar-refractivity contribution < 1.29 is 0 Å². The Balaban J connectivity index is 1.16. The summed E-state index contributed by atoms with van der Waals surface area (Å²) in [7, 11) is 0. The van der Waals surface area contributed by atoms with E-state index in [0.29, 0.717) is 0 Å². The van der Waals surface area contributed by atoms with Gasteiger partial charge in [0.15, 0.2) is 11.6 Å². The van der Waals surface area contributed by atoms with Crippen LogP contribution in [0.3, 0.4) is 0 Å². The van der Waals surface area contributed by atoms with Gasteiger partial charge in [-0.25, -0.2) is 4.98 Å². The van der Waals surface area contributed by atoms with Gasteiger partial charge in [-0.3, -0.25) is 8.97 Å². The zero-order chi connectivity index (χ0) is 33.5. The molecule has 0 amide bonds. The number of fused-ring (bicyclic) bond motifs is 11. The molecule has 6 heteroatoms. The Morgan fingerprint density at radius 2 is 0.863 bits per heavy atom. The van der Waals surface area contributed by atoms with E-state index in [-0.39, 0.29) is 0 Å². The van der Waals surface area contributed by atoms with Crippen molar-refractivity contribution in [1.82, 2.24) is 28.7 Å². The molecule has 4 heterocycles. The van der Waals surface area contributed by atoms with Crippen molar-refractivity contribution in [2.75, 3.05) is 0 Å². The summed E-state index contributed by atoms with van der Waals surface area (Å²) in [4.78, 5) is 5.12. The summed E-state index contributed by atoms with van der Waals surface area (Å²) < 4.78 is 6.88. The molecule has 0 aliphatic heterocycles. The van der Waals surface area contributed by atoms with Crippen LogP contribution in [0.25, 0.3) is 94.3 Å². The van der Waals surface area contributed by atoms with Gasteiger partial charge in [-0.1, -0.05) is 115 Å². The number of para-hydroxylation sites is 3. The molecule has 4 aromatic heterocycles. The van der Waals surface area contributed by atoms with E-state index < -0.39 is 0 Å². The first-order valence-electron chi connectivity index (χ1n) is 17.1. The van der Waals surface area contributed by atoms with Crippen LogP contribution in [0.2, 0.25) is 0 Å². The van der Waals surface area contributed by atoms with Crippen molar-refractivity contribution in [2.45, 2.75) is 0 Å². The second-order valence-electron chi connectivity index (χ2n) is 13.0. The first kappa shape index (κ1) is 27.9. The smallest absolute Gasteiger partial charge is 0.168 e. The van der Waals surface area contributed by atoms with Gasteiger partial charge >= 0.3 is 0 Å². The van der Waals surface area contributed by atoms with Crippen LogP contribution in [0.4, 0.5) is 0 Å². The number of hydrogen-bond donors (Lipinski definition) is 0. The molecule has 0 saturated carbocycles. The topological polar surface area (TPSA) is 52.9 Å². The summed E-state index contributed by atoms with van der Waals surface area (Å²) in [5.41, 5.74) is 10.7. The van der Waals surface area contributed by atoms with Crippen LogP contribution >= 0.6 is 0 Å². The highest BCUT2D eigenvalue weighted by Crippen LogP contribution is 2.39. The van der Waals surface area contributed by atoms with Crippen molar-refractivity contribution in [3.05, 3.63) is 170 Å². The zero-order valence-electron chi connectivity index (χ0n) is 27.3. The second-order valence-corrected chi connectivity index (χ2v) is 13.0. The average Bonchev–Trinajstić information content (AvgIpc) is 3.91. The highest BCUT2D eigenvalue weighted by atomic mass is 15.3. The standard InChI is InChI=1S/C45H28N6/c1-3-13-29(14-4-1)43-47-48-44(30-15-5-2-6-16-30)50(43)32-25-23-31(24-26-32)49-39-21-11-9-18-34(39)37-28-42-36(27-41(37)49)33-17-7-8-19-35(33)45-46-38-20-10-12-22-40(38)51(42)45/h1-28H. The molecule has 0 N–H and O–H groups in total. The molecule has 51 heavy (non-hydrogen) atoms. The SMILES string of the molecule is c1ccc(-c2nnc(-c3ccccc3)n2-c2ccc(-n3c4ccccc4c4cc5c(cc43)c3ccccc3c3nc4ccccc4n53)cc2)cc1. The second kappa shape index (κ2) is 10.7.